The maximum Gasteiger partial charge on any atom is 0.0462 e. The van der Waals surface area contributed by atoms with Gasteiger partial charge in [-0.3, -0.25) is 0 Å². The summed E-state index contributed by atoms with van der Waals surface area (Å²) in [5.74, 6) is 1.96. The first-order valence-corrected chi connectivity index (χ1v) is 7.62. The van der Waals surface area contributed by atoms with Crippen molar-refractivity contribution in [3.8, 4) is 0 Å². The van der Waals surface area contributed by atoms with Crippen molar-refractivity contribution in [3.63, 3.8) is 0 Å². The SMILES string of the molecule is COCCCCC1CCCCC1CNC1CC1. The van der Waals surface area contributed by atoms with E-state index in [2.05, 4.69) is 5.32 Å². The molecule has 0 bridgehead atoms. The summed E-state index contributed by atoms with van der Waals surface area (Å²) >= 11 is 0. The van der Waals surface area contributed by atoms with E-state index >= 15 is 0 Å². The van der Waals surface area contributed by atoms with Crippen molar-refractivity contribution in [2.24, 2.45) is 11.8 Å². The number of nitrogens with one attached hydrogen (secondary N) is 1. The first-order valence-electron chi connectivity index (χ1n) is 7.62. The standard InChI is InChI=1S/C15H29NO/c1-17-11-5-4-7-13-6-2-3-8-14(13)12-16-15-9-10-15/h13-16H,2-12H2,1H3. The van der Waals surface area contributed by atoms with Crippen LogP contribution in [-0.2, 0) is 4.74 Å². The lowest BCUT2D eigenvalue weighted by molar-refractivity contribution is 0.177. The van der Waals surface area contributed by atoms with Gasteiger partial charge in [-0.15, -0.1) is 0 Å². The van der Waals surface area contributed by atoms with Crippen molar-refractivity contribution in [1.29, 1.82) is 0 Å². The fraction of sp³-hybridized carbons (Fsp3) is 1.00. The molecule has 0 aromatic carbocycles. The largest absolute Gasteiger partial charge is 0.385 e. The number of methoxy groups -OCH3 is 1. The second-order valence-electron chi connectivity index (χ2n) is 5.98. The Morgan fingerprint density at radius 3 is 2.47 bits per heavy atom. The molecule has 1 N–H and O–H groups in total. The number of unbranched alkanes of at least 4 members (excludes halogenated alkanes) is 1. The molecule has 0 amide bonds. The van der Waals surface area contributed by atoms with E-state index in [1.54, 1.807) is 0 Å². The van der Waals surface area contributed by atoms with Gasteiger partial charge in [0.15, 0.2) is 0 Å². The van der Waals surface area contributed by atoms with Gasteiger partial charge in [0.1, 0.15) is 0 Å². The molecule has 17 heavy (non-hydrogen) atoms. The van der Waals surface area contributed by atoms with E-state index in [0.717, 1.165) is 24.5 Å². The molecule has 0 radical (unpaired) electrons. The normalized spacial score (nSPS) is 29.5. The molecule has 2 unspecified atom stereocenters. The molecule has 0 heterocycles. The van der Waals surface area contributed by atoms with E-state index in [4.69, 9.17) is 4.74 Å². The monoisotopic (exact) mass is 239 g/mol. The van der Waals surface area contributed by atoms with Crippen LogP contribution in [0.4, 0.5) is 0 Å². The first-order chi connectivity index (χ1) is 8.40. The minimum absolute atomic E-state index is 0.881. The molecule has 2 rings (SSSR count). The minimum atomic E-state index is 0.881. The Labute approximate surface area is 107 Å². The predicted octanol–water partition coefficient (Wildman–Crippen LogP) is 3.36. The lowest BCUT2D eigenvalue weighted by Gasteiger charge is -2.32. The van der Waals surface area contributed by atoms with Crippen LogP contribution in [0.3, 0.4) is 0 Å². The number of hydrogen-bond donors (Lipinski definition) is 1. The molecule has 2 atom stereocenters. The lowest BCUT2D eigenvalue weighted by Crippen LogP contribution is -2.31. The van der Waals surface area contributed by atoms with Gasteiger partial charge in [-0.1, -0.05) is 32.1 Å². The summed E-state index contributed by atoms with van der Waals surface area (Å²) in [5, 5.41) is 3.73. The van der Waals surface area contributed by atoms with Crippen molar-refractivity contribution < 1.29 is 4.74 Å². The average Bonchev–Trinajstić information content (AvgIpc) is 3.17. The highest BCUT2D eigenvalue weighted by atomic mass is 16.5. The number of rotatable bonds is 8. The van der Waals surface area contributed by atoms with Crippen LogP contribution in [0, 0.1) is 11.8 Å². The summed E-state index contributed by atoms with van der Waals surface area (Å²) in [4.78, 5) is 0. The van der Waals surface area contributed by atoms with E-state index in [0.29, 0.717) is 0 Å². The summed E-state index contributed by atoms with van der Waals surface area (Å²) in [6.45, 7) is 2.23. The van der Waals surface area contributed by atoms with Crippen molar-refractivity contribution >= 4 is 0 Å². The third kappa shape index (κ3) is 4.97. The summed E-state index contributed by atoms with van der Waals surface area (Å²) < 4.78 is 5.13. The van der Waals surface area contributed by atoms with Crippen LogP contribution in [0.1, 0.15) is 57.8 Å². The maximum atomic E-state index is 5.13. The summed E-state index contributed by atoms with van der Waals surface area (Å²) in [7, 11) is 1.81. The van der Waals surface area contributed by atoms with Gasteiger partial charge in [-0.05, 0) is 44.1 Å². The predicted molar refractivity (Wildman–Crippen MR) is 72.2 cm³/mol. The maximum absolute atomic E-state index is 5.13. The quantitative estimate of drug-likeness (QED) is 0.656. The van der Waals surface area contributed by atoms with E-state index < -0.39 is 0 Å². The van der Waals surface area contributed by atoms with Gasteiger partial charge < -0.3 is 10.1 Å². The van der Waals surface area contributed by atoms with Crippen LogP contribution in [0.2, 0.25) is 0 Å². The molecule has 2 aliphatic carbocycles. The zero-order chi connectivity index (χ0) is 11.9. The average molecular weight is 239 g/mol. The molecule has 0 aromatic heterocycles. The van der Waals surface area contributed by atoms with Crippen molar-refractivity contribution in [2.75, 3.05) is 20.3 Å². The highest BCUT2D eigenvalue weighted by Crippen LogP contribution is 2.33. The molecule has 0 saturated heterocycles. The highest BCUT2D eigenvalue weighted by molar-refractivity contribution is 4.84. The molecule has 0 aromatic rings. The van der Waals surface area contributed by atoms with Crippen LogP contribution in [0.15, 0.2) is 0 Å². The van der Waals surface area contributed by atoms with Crippen molar-refractivity contribution in [1.82, 2.24) is 5.32 Å². The molecule has 2 heteroatoms. The van der Waals surface area contributed by atoms with Crippen LogP contribution in [0.25, 0.3) is 0 Å². The van der Waals surface area contributed by atoms with Crippen LogP contribution in [-0.4, -0.2) is 26.3 Å². The van der Waals surface area contributed by atoms with Crippen LogP contribution in [0.5, 0.6) is 0 Å². The second-order valence-corrected chi connectivity index (χ2v) is 5.98. The zero-order valence-electron chi connectivity index (χ0n) is 11.4. The highest BCUT2D eigenvalue weighted by Gasteiger charge is 2.27. The minimum Gasteiger partial charge on any atom is -0.385 e. The number of ether oxygens (including phenoxy) is 1. The van der Waals surface area contributed by atoms with Gasteiger partial charge in [-0.2, -0.15) is 0 Å². The summed E-state index contributed by atoms with van der Waals surface area (Å²) in [5.41, 5.74) is 0. The molecule has 2 saturated carbocycles. The molecule has 0 aliphatic heterocycles. The fourth-order valence-corrected chi connectivity index (χ4v) is 3.19. The third-order valence-electron chi connectivity index (χ3n) is 4.49. The van der Waals surface area contributed by atoms with Gasteiger partial charge in [-0.25, -0.2) is 0 Å². The van der Waals surface area contributed by atoms with Gasteiger partial charge in [0.2, 0.25) is 0 Å². The zero-order valence-corrected chi connectivity index (χ0v) is 11.4. The van der Waals surface area contributed by atoms with Crippen molar-refractivity contribution in [3.05, 3.63) is 0 Å². The van der Waals surface area contributed by atoms with Crippen LogP contribution < -0.4 is 5.32 Å². The Morgan fingerprint density at radius 1 is 1.00 bits per heavy atom. The van der Waals surface area contributed by atoms with E-state index in [1.807, 2.05) is 7.11 Å². The third-order valence-corrected chi connectivity index (χ3v) is 4.49. The lowest BCUT2D eigenvalue weighted by atomic mass is 9.76. The Kier molecular flexibility index (Phi) is 5.79. The molecular weight excluding hydrogens is 210 g/mol. The summed E-state index contributed by atoms with van der Waals surface area (Å²) in [6, 6.07) is 0.881. The van der Waals surface area contributed by atoms with Crippen molar-refractivity contribution in [2.45, 2.75) is 63.8 Å². The molecule has 100 valence electrons. The molecule has 2 fully saturated rings. The smallest absolute Gasteiger partial charge is 0.0462 e. The van der Waals surface area contributed by atoms with Gasteiger partial charge in [0, 0.05) is 19.8 Å². The molecule has 2 aliphatic rings. The molecule has 2 nitrogen and oxygen atoms in total. The van der Waals surface area contributed by atoms with Crippen LogP contribution >= 0.6 is 0 Å². The Bertz CT molecular complexity index is 203. The Balaban J connectivity index is 1.63. The van der Waals surface area contributed by atoms with E-state index in [9.17, 15) is 0 Å². The molecule has 0 spiro atoms. The van der Waals surface area contributed by atoms with Gasteiger partial charge in [0.05, 0.1) is 0 Å². The second kappa shape index (κ2) is 7.38. The topological polar surface area (TPSA) is 21.3 Å². The van der Waals surface area contributed by atoms with E-state index in [-0.39, 0.29) is 0 Å². The Morgan fingerprint density at radius 2 is 1.76 bits per heavy atom. The van der Waals surface area contributed by atoms with Gasteiger partial charge >= 0.3 is 0 Å². The van der Waals surface area contributed by atoms with Gasteiger partial charge in [0.25, 0.3) is 0 Å². The first kappa shape index (κ1) is 13.4. The van der Waals surface area contributed by atoms with E-state index in [1.165, 1.54) is 64.3 Å². The Hall–Kier alpha value is -0.0800. The summed E-state index contributed by atoms with van der Waals surface area (Å²) in [6.07, 6.45) is 12.8. The number of hydrogen-bond acceptors (Lipinski definition) is 2. The fourth-order valence-electron chi connectivity index (χ4n) is 3.19. The molecular formula is C15H29NO.